The molecular formula is C17H19N3O. The molecule has 21 heavy (non-hydrogen) atoms. The van der Waals surface area contributed by atoms with E-state index in [-0.39, 0.29) is 11.8 Å². The lowest BCUT2D eigenvalue weighted by Gasteiger charge is -2.25. The molecule has 0 fully saturated rings. The topological polar surface area (TPSA) is 73.3 Å². The fourth-order valence-corrected chi connectivity index (χ4v) is 2.26. The van der Waals surface area contributed by atoms with Crippen LogP contribution in [0.3, 0.4) is 0 Å². The molecule has 4 heteroatoms. The zero-order valence-electron chi connectivity index (χ0n) is 12.0. The Morgan fingerprint density at radius 3 is 2.48 bits per heavy atom. The summed E-state index contributed by atoms with van der Waals surface area (Å²) in [5.74, 6) is 0.181. The first-order chi connectivity index (χ1) is 10.1. The maximum atomic E-state index is 10.1. The molecule has 3 N–H and O–H groups in total. The number of nitrogens with two attached hydrogens (primary N) is 1. The number of benzene rings is 2. The van der Waals surface area contributed by atoms with E-state index in [1.807, 2.05) is 54.3 Å². The Morgan fingerprint density at radius 2 is 1.90 bits per heavy atom. The molecule has 2 aromatic carbocycles. The van der Waals surface area contributed by atoms with Gasteiger partial charge in [-0.3, -0.25) is 0 Å². The number of para-hydroxylation sites is 1. The van der Waals surface area contributed by atoms with Crippen molar-refractivity contribution < 1.29 is 5.11 Å². The van der Waals surface area contributed by atoms with Crippen LogP contribution in [0.1, 0.15) is 24.9 Å². The summed E-state index contributed by atoms with van der Waals surface area (Å²) < 4.78 is 0. The Hall–Kier alpha value is -2.51. The zero-order valence-corrected chi connectivity index (χ0v) is 12.0. The maximum Gasteiger partial charge on any atom is 0.122 e. The first-order valence-corrected chi connectivity index (χ1v) is 6.91. The molecule has 0 aliphatic carbocycles. The van der Waals surface area contributed by atoms with Crippen LogP contribution in [0.4, 0.5) is 11.4 Å². The number of hydrogen-bond acceptors (Lipinski definition) is 4. The first kappa shape index (κ1) is 14.9. The Bertz CT molecular complexity index is 632. The van der Waals surface area contributed by atoms with Gasteiger partial charge in [-0.25, -0.2) is 0 Å². The summed E-state index contributed by atoms with van der Waals surface area (Å²) in [6.07, 6.45) is 0.407. The lowest BCUT2D eigenvalue weighted by Crippen LogP contribution is -2.18. The Balaban J connectivity index is 2.38. The number of rotatable bonds is 5. The van der Waals surface area contributed by atoms with E-state index in [4.69, 9.17) is 11.0 Å². The molecule has 0 aliphatic heterocycles. The average molecular weight is 281 g/mol. The minimum atomic E-state index is -0.219. The van der Waals surface area contributed by atoms with Gasteiger partial charge < -0.3 is 15.7 Å². The van der Waals surface area contributed by atoms with Crippen molar-refractivity contribution in [2.45, 2.75) is 19.4 Å². The lowest BCUT2D eigenvalue weighted by molar-refractivity contribution is 0.464. The summed E-state index contributed by atoms with van der Waals surface area (Å²) in [7, 11) is 0. The number of aromatic hydroxyl groups is 1. The fourth-order valence-electron chi connectivity index (χ4n) is 2.26. The van der Waals surface area contributed by atoms with Crippen molar-refractivity contribution in [1.29, 1.82) is 5.26 Å². The second kappa shape index (κ2) is 6.78. The lowest BCUT2D eigenvalue weighted by atomic mass is 10.1. The summed E-state index contributed by atoms with van der Waals surface area (Å²) in [4.78, 5) is 2.01. The van der Waals surface area contributed by atoms with Gasteiger partial charge in [0.25, 0.3) is 0 Å². The summed E-state index contributed by atoms with van der Waals surface area (Å²) in [6.45, 7) is 2.40. The summed E-state index contributed by atoms with van der Waals surface area (Å²) >= 11 is 0. The van der Waals surface area contributed by atoms with Crippen molar-refractivity contribution in [1.82, 2.24) is 0 Å². The molecule has 0 aromatic heterocycles. The normalized spacial score (nSPS) is 11.7. The minimum Gasteiger partial charge on any atom is -0.508 e. The molecule has 0 aliphatic rings. The van der Waals surface area contributed by atoms with E-state index in [0.29, 0.717) is 18.5 Å². The summed E-state index contributed by atoms with van der Waals surface area (Å²) in [6, 6.07) is 17.2. The molecule has 108 valence electrons. The molecule has 0 saturated carbocycles. The summed E-state index contributed by atoms with van der Waals surface area (Å²) in [5.41, 5.74) is 8.36. The van der Waals surface area contributed by atoms with Crippen LogP contribution in [0.15, 0.2) is 48.5 Å². The second-order valence-corrected chi connectivity index (χ2v) is 4.93. The third kappa shape index (κ3) is 3.53. The Kier molecular flexibility index (Phi) is 4.81. The molecular weight excluding hydrogens is 262 g/mol. The van der Waals surface area contributed by atoms with Crippen LogP contribution in [-0.2, 0) is 0 Å². The number of nitriles is 1. The van der Waals surface area contributed by atoms with Gasteiger partial charge in [-0.1, -0.05) is 24.3 Å². The van der Waals surface area contributed by atoms with Crippen molar-refractivity contribution in [3.05, 3.63) is 54.1 Å². The maximum absolute atomic E-state index is 10.1. The van der Waals surface area contributed by atoms with Gasteiger partial charge in [0.05, 0.1) is 12.5 Å². The van der Waals surface area contributed by atoms with Gasteiger partial charge in [-0.15, -0.1) is 0 Å². The molecule has 2 aromatic rings. The van der Waals surface area contributed by atoms with Crippen LogP contribution in [0, 0.1) is 11.3 Å². The number of phenolic OH excluding ortho intramolecular Hbond substituents is 1. The van der Waals surface area contributed by atoms with Crippen molar-refractivity contribution in [3.63, 3.8) is 0 Å². The number of phenols is 1. The van der Waals surface area contributed by atoms with Crippen LogP contribution in [0.25, 0.3) is 0 Å². The van der Waals surface area contributed by atoms with E-state index in [1.54, 1.807) is 6.07 Å². The molecule has 2 rings (SSSR count). The van der Waals surface area contributed by atoms with Crippen molar-refractivity contribution in [2.24, 2.45) is 5.73 Å². The quantitative estimate of drug-likeness (QED) is 0.880. The standard InChI is InChI=1S/C17H19N3O/c1-13(19)16-9-8-15(12-17(16)21)20(11-5-10-18)14-6-3-2-4-7-14/h2-4,6-9,12-13,21H,5,11,19H2,1H3. The fraction of sp³-hybridized carbons (Fsp3) is 0.235. The number of anilines is 2. The molecule has 1 unspecified atom stereocenters. The van der Waals surface area contributed by atoms with Crippen LogP contribution in [0.5, 0.6) is 5.75 Å². The van der Waals surface area contributed by atoms with Crippen LogP contribution >= 0.6 is 0 Å². The van der Waals surface area contributed by atoms with Gasteiger partial charge in [-0.2, -0.15) is 5.26 Å². The van der Waals surface area contributed by atoms with Crippen LogP contribution in [0.2, 0.25) is 0 Å². The predicted octanol–water partition coefficient (Wildman–Crippen LogP) is 3.46. The third-order valence-electron chi connectivity index (χ3n) is 3.33. The largest absolute Gasteiger partial charge is 0.508 e. The van der Waals surface area contributed by atoms with E-state index in [0.717, 1.165) is 11.4 Å². The number of nitrogens with zero attached hydrogens (tertiary/aromatic N) is 2. The molecule has 0 spiro atoms. The van der Waals surface area contributed by atoms with Gasteiger partial charge in [0, 0.05) is 35.6 Å². The van der Waals surface area contributed by atoms with Gasteiger partial charge in [-0.05, 0) is 25.1 Å². The highest BCUT2D eigenvalue weighted by atomic mass is 16.3. The van der Waals surface area contributed by atoms with Crippen molar-refractivity contribution in [3.8, 4) is 11.8 Å². The SMILES string of the molecule is CC(N)c1ccc(N(CCC#N)c2ccccc2)cc1O. The smallest absolute Gasteiger partial charge is 0.122 e. The highest BCUT2D eigenvalue weighted by Gasteiger charge is 2.12. The van der Waals surface area contributed by atoms with Crippen LogP contribution in [-0.4, -0.2) is 11.7 Å². The highest BCUT2D eigenvalue weighted by molar-refractivity contribution is 5.65. The molecule has 1 atom stereocenters. The average Bonchev–Trinajstić information content (AvgIpc) is 2.48. The van der Waals surface area contributed by atoms with E-state index in [1.165, 1.54) is 0 Å². The summed E-state index contributed by atoms with van der Waals surface area (Å²) in [5, 5.41) is 18.9. The van der Waals surface area contributed by atoms with Gasteiger partial charge in [0.2, 0.25) is 0 Å². The monoisotopic (exact) mass is 281 g/mol. The predicted molar refractivity (Wildman–Crippen MR) is 84.4 cm³/mol. The molecule has 0 bridgehead atoms. The highest BCUT2D eigenvalue weighted by Crippen LogP contribution is 2.32. The molecule has 0 heterocycles. The van der Waals surface area contributed by atoms with E-state index in [9.17, 15) is 5.11 Å². The minimum absolute atomic E-state index is 0.181. The van der Waals surface area contributed by atoms with Crippen LogP contribution < -0.4 is 10.6 Å². The first-order valence-electron chi connectivity index (χ1n) is 6.91. The molecule has 4 nitrogen and oxygen atoms in total. The molecule has 0 saturated heterocycles. The molecule has 0 amide bonds. The number of hydrogen-bond donors (Lipinski definition) is 2. The molecule has 0 radical (unpaired) electrons. The third-order valence-corrected chi connectivity index (χ3v) is 3.33. The van der Waals surface area contributed by atoms with Crippen molar-refractivity contribution in [2.75, 3.05) is 11.4 Å². The van der Waals surface area contributed by atoms with E-state index >= 15 is 0 Å². The van der Waals surface area contributed by atoms with Crippen molar-refractivity contribution >= 4 is 11.4 Å². The van der Waals surface area contributed by atoms with Gasteiger partial charge in [0.1, 0.15) is 5.75 Å². The van der Waals surface area contributed by atoms with Gasteiger partial charge >= 0.3 is 0 Å². The Morgan fingerprint density at radius 1 is 1.19 bits per heavy atom. The zero-order chi connectivity index (χ0) is 15.2. The van der Waals surface area contributed by atoms with E-state index in [2.05, 4.69) is 6.07 Å². The Labute approximate surface area is 125 Å². The van der Waals surface area contributed by atoms with E-state index < -0.39 is 0 Å². The van der Waals surface area contributed by atoms with Gasteiger partial charge in [0.15, 0.2) is 0 Å². The second-order valence-electron chi connectivity index (χ2n) is 4.93.